The Bertz CT molecular complexity index is 576. The van der Waals surface area contributed by atoms with E-state index in [0.29, 0.717) is 10.8 Å². The first-order valence-electron chi connectivity index (χ1n) is 5.31. The average molecular weight is 254 g/mol. The molecular weight excluding hydrogens is 242 g/mol. The molecule has 84 valence electrons. The van der Waals surface area contributed by atoms with Crippen LogP contribution in [0.5, 0.6) is 5.75 Å². The number of aromatic hydroxyl groups is 1. The number of hydrogen-bond donors (Lipinski definition) is 2. The maximum absolute atomic E-state index is 10.0. The molecule has 0 saturated carbocycles. The van der Waals surface area contributed by atoms with Gasteiger partial charge in [0.15, 0.2) is 0 Å². The number of phenols is 1. The van der Waals surface area contributed by atoms with E-state index >= 15 is 0 Å². The largest absolute Gasteiger partial charge is 0.507 e. The number of nitrogens with one attached hydrogen (secondary N) is 1. The van der Waals surface area contributed by atoms with Crippen LogP contribution in [0, 0.1) is 6.92 Å². The first-order valence-corrected chi connectivity index (χ1v) is 6.51. The van der Waals surface area contributed by atoms with E-state index in [1.54, 1.807) is 17.4 Å². The number of halogens is 1. The van der Waals surface area contributed by atoms with Crippen LogP contribution >= 0.6 is 22.9 Å². The highest BCUT2D eigenvalue weighted by molar-refractivity contribution is 7.19. The number of fused-ring (bicyclic) bond motifs is 3. The Morgan fingerprint density at radius 1 is 1.50 bits per heavy atom. The minimum absolute atomic E-state index is 0.312. The maximum atomic E-state index is 10.0. The summed E-state index contributed by atoms with van der Waals surface area (Å²) >= 11 is 7.86. The summed E-state index contributed by atoms with van der Waals surface area (Å²) in [5.41, 5.74) is 2.33. The fraction of sp³-hybridized carbons (Fsp3) is 0.333. The smallest absolute Gasteiger partial charge is 0.126 e. The molecule has 0 spiro atoms. The normalized spacial score (nSPS) is 15.4. The fourth-order valence-corrected chi connectivity index (χ4v) is 3.86. The van der Waals surface area contributed by atoms with Crippen molar-refractivity contribution in [1.82, 2.24) is 5.32 Å². The molecule has 0 radical (unpaired) electrons. The zero-order chi connectivity index (χ0) is 11.3. The molecule has 2 aromatic rings. The Morgan fingerprint density at radius 3 is 3.12 bits per heavy atom. The molecular formula is C12H12ClNOS. The van der Waals surface area contributed by atoms with Gasteiger partial charge in [0.2, 0.25) is 0 Å². The molecule has 2 N–H and O–H groups in total. The van der Waals surface area contributed by atoms with E-state index < -0.39 is 0 Å². The number of benzene rings is 1. The number of phenolic OH excluding ortho intramolecular Hbond substituents is 1. The van der Waals surface area contributed by atoms with E-state index in [-0.39, 0.29) is 0 Å². The van der Waals surface area contributed by atoms with Gasteiger partial charge in [0.05, 0.1) is 0 Å². The summed E-state index contributed by atoms with van der Waals surface area (Å²) in [7, 11) is 0. The van der Waals surface area contributed by atoms with Crippen molar-refractivity contribution in [2.45, 2.75) is 19.9 Å². The predicted octanol–water partition coefficient (Wildman–Crippen LogP) is 3.21. The number of rotatable bonds is 0. The van der Waals surface area contributed by atoms with Crippen molar-refractivity contribution in [3.05, 3.63) is 27.1 Å². The van der Waals surface area contributed by atoms with Gasteiger partial charge in [-0.1, -0.05) is 11.6 Å². The predicted molar refractivity (Wildman–Crippen MR) is 68.6 cm³/mol. The lowest BCUT2D eigenvalue weighted by molar-refractivity contribution is 0.481. The number of thiophene rings is 1. The highest BCUT2D eigenvalue weighted by Gasteiger charge is 2.20. The van der Waals surface area contributed by atoms with Crippen LogP contribution in [-0.4, -0.2) is 11.7 Å². The van der Waals surface area contributed by atoms with Crippen LogP contribution in [-0.2, 0) is 13.0 Å². The fourth-order valence-electron chi connectivity index (χ4n) is 2.26. The minimum atomic E-state index is 0.312. The molecule has 0 aliphatic carbocycles. The summed E-state index contributed by atoms with van der Waals surface area (Å²) in [5.74, 6) is 0.312. The van der Waals surface area contributed by atoms with Crippen molar-refractivity contribution in [2.75, 3.05) is 6.54 Å². The lowest BCUT2D eigenvalue weighted by atomic mass is 10.0. The SMILES string of the molecule is Cc1c(Cl)cc(O)c2c3c(sc12)CCNC3. The molecule has 0 unspecified atom stereocenters. The highest BCUT2D eigenvalue weighted by Crippen LogP contribution is 2.42. The summed E-state index contributed by atoms with van der Waals surface area (Å²) in [5, 5.41) is 15.0. The van der Waals surface area contributed by atoms with Crippen LogP contribution in [0.4, 0.5) is 0 Å². The number of aryl methyl sites for hydroxylation is 1. The van der Waals surface area contributed by atoms with Crippen LogP contribution < -0.4 is 5.32 Å². The molecule has 0 atom stereocenters. The molecule has 1 aromatic carbocycles. The second-order valence-electron chi connectivity index (χ2n) is 4.14. The van der Waals surface area contributed by atoms with Gasteiger partial charge in [0.1, 0.15) is 5.75 Å². The van der Waals surface area contributed by atoms with E-state index in [1.165, 1.54) is 10.4 Å². The third-order valence-corrected chi connectivity index (χ3v) is 4.94. The number of hydrogen-bond acceptors (Lipinski definition) is 3. The van der Waals surface area contributed by atoms with E-state index in [1.807, 2.05) is 6.92 Å². The lowest BCUT2D eigenvalue weighted by Gasteiger charge is -2.12. The van der Waals surface area contributed by atoms with E-state index in [4.69, 9.17) is 11.6 Å². The molecule has 1 aliphatic heterocycles. The zero-order valence-corrected chi connectivity index (χ0v) is 10.5. The van der Waals surface area contributed by atoms with Gasteiger partial charge < -0.3 is 10.4 Å². The van der Waals surface area contributed by atoms with Gasteiger partial charge in [-0.3, -0.25) is 0 Å². The second-order valence-corrected chi connectivity index (χ2v) is 5.65. The van der Waals surface area contributed by atoms with Crippen molar-refractivity contribution in [1.29, 1.82) is 0 Å². The third kappa shape index (κ3) is 1.35. The Balaban J connectivity index is 2.42. The van der Waals surface area contributed by atoms with Gasteiger partial charge in [0.25, 0.3) is 0 Å². The van der Waals surface area contributed by atoms with Gasteiger partial charge in [-0.25, -0.2) is 0 Å². The molecule has 0 amide bonds. The van der Waals surface area contributed by atoms with Crippen molar-refractivity contribution in [3.8, 4) is 5.75 Å². The monoisotopic (exact) mass is 253 g/mol. The quantitative estimate of drug-likeness (QED) is 0.756. The molecule has 0 bridgehead atoms. The topological polar surface area (TPSA) is 32.3 Å². The van der Waals surface area contributed by atoms with Gasteiger partial charge >= 0.3 is 0 Å². The molecule has 4 heteroatoms. The molecule has 0 fully saturated rings. The summed E-state index contributed by atoms with van der Waals surface area (Å²) in [6, 6.07) is 1.65. The van der Waals surface area contributed by atoms with Crippen molar-refractivity contribution >= 4 is 33.0 Å². The van der Waals surface area contributed by atoms with E-state index in [0.717, 1.165) is 35.2 Å². The summed E-state index contributed by atoms with van der Waals surface area (Å²) < 4.78 is 1.14. The zero-order valence-electron chi connectivity index (χ0n) is 8.93. The van der Waals surface area contributed by atoms with Gasteiger partial charge in [-0.2, -0.15) is 0 Å². The Hall–Kier alpha value is -0.770. The summed E-state index contributed by atoms with van der Waals surface area (Å²) in [6.07, 6.45) is 1.05. The van der Waals surface area contributed by atoms with Crippen LogP contribution in [0.25, 0.3) is 10.1 Å². The van der Waals surface area contributed by atoms with Crippen LogP contribution in [0.1, 0.15) is 16.0 Å². The molecule has 2 nitrogen and oxygen atoms in total. The molecule has 3 rings (SSSR count). The van der Waals surface area contributed by atoms with Gasteiger partial charge in [-0.15, -0.1) is 11.3 Å². The minimum Gasteiger partial charge on any atom is -0.507 e. The summed E-state index contributed by atoms with van der Waals surface area (Å²) in [4.78, 5) is 1.38. The molecule has 16 heavy (non-hydrogen) atoms. The Kier molecular flexibility index (Phi) is 2.35. The van der Waals surface area contributed by atoms with Crippen molar-refractivity contribution < 1.29 is 5.11 Å². The third-order valence-electron chi connectivity index (χ3n) is 3.14. The van der Waals surface area contributed by atoms with Crippen LogP contribution in [0.15, 0.2) is 6.07 Å². The summed E-state index contributed by atoms with van der Waals surface area (Å²) in [6.45, 7) is 3.89. The van der Waals surface area contributed by atoms with Gasteiger partial charge in [-0.05, 0) is 30.5 Å². The van der Waals surface area contributed by atoms with E-state index in [9.17, 15) is 5.11 Å². The Labute approximate surface area is 103 Å². The average Bonchev–Trinajstić information content (AvgIpc) is 2.65. The molecule has 1 aliphatic rings. The van der Waals surface area contributed by atoms with Crippen molar-refractivity contribution in [2.24, 2.45) is 0 Å². The lowest BCUT2D eigenvalue weighted by Crippen LogP contribution is -2.22. The van der Waals surface area contributed by atoms with E-state index in [2.05, 4.69) is 5.32 Å². The standard InChI is InChI=1S/C12H12ClNOS/c1-6-8(13)4-9(15)11-7-5-14-3-2-10(7)16-12(6)11/h4,14-15H,2-3,5H2,1H3. The Morgan fingerprint density at radius 2 is 2.31 bits per heavy atom. The maximum Gasteiger partial charge on any atom is 0.126 e. The first kappa shape index (κ1) is 10.4. The van der Waals surface area contributed by atoms with Crippen molar-refractivity contribution in [3.63, 3.8) is 0 Å². The highest BCUT2D eigenvalue weighted by atomic mass is 35.5. The van der Waals surface area contributed by atoms with Crippen LogP contribution in [0.2, 0.25) is 5.02 Å². The second kappa shape index (κ2) is 3.62. The molecule has 1 aromatic heterocycles. The van der Waals surface area contributed by atoms with Gasteiger partial charge in [0, 0.05) is 33.1 Å². The van der Waals surface area contributed by atoms with Crippen LogP contribution in [0.3, 0.4) is 0 Å². The molecule has 2 heterocycles. The first-order chi connectivity index (χ1) is 7.68. The molecule has 0 saturated heterocycles.